The summed E-state index contributed by atoms with van der Waals surface area (Å²) in [6.45, 7) is 14.2. The number of nitrogens with zero attached hydrogens (tertiary/aromatic N) is 2. The Morgan fingerprint density at radius 2 is 2.04 bits per heavy atom. The smallest absolute Gasteiger partial charge is 0.191 e. The van der Waals surface area contributed by atoms with Gasteiger partial charge in [0.1, 0.15) is 0 Å². The molecule has 2 N–H and O–H groups in total. The first-order valence-electron chi connectivity index (χ1n) is 10.5. The molecule has 6 heteroatoms. The molecule has 1 aromatic rings. The van der Waals surface area contributed by atoms with Gasteiger partial charge in [-0.2, -0.15) is 0 Å². The zero-order valence-corrected chi connectivity index (χ0v) is 20.2. The molecule has 0 spiro atoms. The quantitative estimate of drug-likeness (QED) is 0.222. The maximum absolute atomic E-state index is 5.74. The van der Waals surface area contributed by atoms with E-state index in [1.165, 1.54) is 38.0 Å². The van der Waals surface area contributed by atoms with Crippen molar-refractivity contribution in [1.82, 2.24) is 15.5 Å². The molecule has 28 heavy (non-hydrogen) atoms. The predicted molar refractivity (Wildman–Crippen MR) is 129 cm³/mol. The van der Waals surface area contributed by atoms with Gasteiger partial charge in [0.25, 0.3) is 0 Å². The topological polar surface area (TPSA) is 48.9 Å². The predicted octanol–water partition coefficient (Wildman–Crippen LogP) is 3.74. The molecule has 1 aliphatic rings. The average Bonchev–Trinajstić information content (AvgIpc) is 2.66. The molecule has 0 radical (unpaired) electrons. The van der Waals surface area contributed by atoms with E-state index >= 15 is 0 Å². The molecule has 0 saturated carbocycles. The first kappa shape index (κ1) is 25.2. The third-order valence-electron chi connectivity index (χ3n) is 4.73. The lowest BCUT2D eigenvalue weighted by atomic mass is 9.97. The molecule has 0 bridgehead atoms. The normalized spacial score (nSPS) is 18.0. The maximum Gasteiger partial charge on any atom is 0.191 e. The zero-order chi connectivity index (χ0) is 19.3. The Labute approximate surface area is 188 Å². The fraction of sp³-hybridized carbons (Fsp3) is 0.682. The second-order valence-electron chi connectivity index (χ2n) is 7.85. The van der Waals surface area contributed by atoms with Gasteiger partial charge in [-0.1, -0.05) is 44.2 Å². The highest BCUT2D eigenvalue weighted by atomic mass is 127. The molecule has 1 saturated heterocycles. The SMILES string of the molecule is CCNC(=NCC1CCCN(CC(C)C)C1)NCCOCc1ccccc1.I. The third-order valence-corrected chi connectivity index (χ3v) is 4.73. The fourth-order valence-corrected chi connectivity index (χ4v) is 3.55. The van der Waals surface area contributed by atoms with E-state index in [1.807, 2.05) is 18.2 Å². The van der Waals surface area contributed by atoms with Gasteiger partial charge in [-0.05, 0) is 43.7 Å². The summed E-state index contributed by atoms with van der Waals surface area (Å²) < 4.78 is 5.74. The summed E-state index contributed by atoms with van der Waals surface area (Å²) in [5.41, 5.74) is 1.21. The molecule has 0 aliphatic carbocycles. The summed E-state index contributed by atoms with van der Waals surface area (Å²) in [5, 5.41) is 6.73. The lowest BCUT2D eigenvalue weighted by Crippen LogP contribution is -2.41. The molecular formula is C22H39IN4O. The van der Waals surface area contributed by atoms with Gasteiger partial charge in [0.2, 0.25) is 0 Å². The second-order valence-corrected chi connectivity index (χ2v) is 7.85. The molecule has 1 heterocycles. The Hall–Kier alpha value is -0.860. The first-order chi connectivity index (χ1) is 13.2. The van der Waals surface area contributed by atoms with Gasteiger partial charge in [0.05, 0.1) is 13.2 Å². The number of guanidine groups is 1. The van der Waals surface area contributed by atoms with Gasteiger partial charge in [0.15, 0.2) is 5.96 Å². The highest BCUT2D eigenvalue weighted by Gasteiger charge is 2.20. The van der Waals surface area contributed by atoms with Crippen LogP contribution in [0.3, 0.4) is 0 Å². The lowest BCUT2D eigenvalue weighted by Gasteiger charge is -2.33. The number of halogens is 1. The van der Waals surface area contributed by atoms with Crippen molar-refractivity contribution in [3.8, 4) is 0 Å². The van der Waals surface area contributed by atoms with Crippen molar-refractivity contribution in [3.05, 3.63) is 35.9 Å². The minimum absolute atomic E-state index is 0. The zero-order valence-electron chi connectivity index (χ0n) is 17.8. The van der Waals surface area contributed by atoms with Crippen LogP contribution in [0.15, 0.2) is 35.3 Å². The number of aliphatic imine (C=N–C) groups is 1. The van der Waals surface area contributed by atoms with E-state index in [-0.39, 0.29) is 24.0 Å². The van der Waals surface area contributed by atoms with Crippen LogP contribution in [0.5, 0.6) is 0 Å². The van der Waals surface area contributed by atoms with Gasteiger partial charge in [-0.25, -0.2) is 0 Å². The molecule has 1 aliphatic heterocycles. The Kier molecular flexibility index (Phi) is 13.5. The summed E-state index contributed by atoms with van der Waals surface area (Å²) in [7, 11) is 0. The van der Waals surface area contributed by atoms with Gasteiger partial charge in [-0.3, -0.25) is 4.99 Å². The molecular weight excluding hydrogens is 463 g/mol. The number of ether oxygens (including phenoxy) is 1. The van der Waals surface area contributed by atoms with Crippen molar-refractivity contribution in [2.24, 2.45) is 16.8 Å². The van der Waals surface area contributed by atoms with E-state index in [2.05, 4.69) is 48.4 Å². The van der Waals surface area contributed by atoms with Crippen LogP contribution >= 0.6 is 24.0 Å². The largest absolute Gasteiger partial charge is 0.375 e. The Bertz CT molecular complexity index is 539. The van der Waals surface area contributed by atoms with Gasteiger partial charge in [0, 0.05) is 32.7 Å². The van der Waals surface area contributed by atoms with E-state index in [4.69, 9.17) is 9.73 Å². The molecule has 160 valence electrons. The van der Waals surface area contributed by atoms with Crippen molar-refractivity contribution < 1.29 is 4.74 Å². The molecule has 1 fully saturated rings. The van der Waals surface area contributed by atoms with Crippen molar-refractivity contribution in [1.29, 1.82) is 0 Å². The summed E-state index contributed by atoms with van der Waals surface area (Å²) >= 11 is 0. The van der Waals surface area contributed by atoms with Crippen LogP contribution in [-0.2, 0) is 11.3 Å². The fourth-order valence-electron chi connectivity index (χ4n) is 3.55. The van der Waals surface area contributed by atoms with Crippen molar-refractivity contribution in [3.63, 3.8) is 0 Å². The number of nitrogens with one attached hydrogen (secondary N) is 2. The van der Waals surface area contributed by atoms with Crippen molar-refractivity contribution in [2.45, 2.75) is 40.2 Å². The third kappa shape index (κ3) is 10.6. The Morgan fingerprint density at radius 1 is 1.25 bits per heavy atom. The molecule has 1 aromatic carbocycles. The highest BCUT2D eigenvalue weighted by molar-refractivity contribution is 14.0. The van der Waals surface area contributed by atoms with E-state index in [9.17, 15) is 0 Å². The number of hydrogen-bond acceptors (Lipinski definition) is 3. The van der Waals surface area contributed by atoms with Crippen LogP contribution in [0, 0.1) is 11.8 Å². The van der Waals surface area contributed by atoms with Gasteiger partial charge >= 0.3 is 0 Å². The summed E-state index contributed by atoms with van der Waals surface area (Å²) in [6.07, 6.45) is 2.59. The summed E-state index contributed by atoms with van der Waals surface area (Å²) in [5.74, 6) is 2.31. The Morgan fingerprint density at radius 3 is 2.75 bits per heavy atom. The van der Waals surface area contributed by atoms with E-state index in [0.717, 1.165) is 31.5 Å². The molecule has 5 nitrogen and oxygen atoms in total. The summed E-state index contributed by atoms with van der Waals surface area (Å²) in [6, 6.07) is 10.3. The molecule has 1 atom stereocenters. The molecule has 0 aromatic heterocycles. The minimum Gasteiger partial charge on any atom is -0.375 e. The molecule has 2 rings (SSSR count). The van der Waals surface area contributed by atoms with E-state index in [1.54, 1.807) is 0 Å². The first-order valence-corrected chi connectivity index (χ1v) is 10.5. The van der Waals surface area contributed by atoms with Crippen LogP contribution in [0.1, 0.15) is 39.2 Å². The van der Waals surface area contributed by atoms with Gasteiger partial charge < -0.3 is 20.3 Å². The van der Waals surface area contributed by atoms with Crippen molar-refractivity contribution in [2.75, 3.05) is 45.9 Å². The average molecular weight is 502 g/mol. The van der Waals surface area contributed by atoms with E-state index in [0.29, 0.717) is 19.1 Å². The highest BCUT2D eigenvalue weighted by Crippen LogP contribution is 2.17. The molecule has 0 amide bonds. The second kappa shape index (κ2) is 15.0. The van der Waals surface area contributed by atoms with Crippen LogP contribution < -0.4 is 10.6 Å². The minimum atomic E-state index is 0. The number of benzene rings is 1. The van der Waals surface area contributed by atoms with Gasteiger partial charge in [-0.15, -0.1) is 24.0 Å². The number of likely N-dealkylation sites (tertiary alicyclic amines) is 1. The van der Waals surface area contributed by atoms with Crippen LogP contribution in [-0.4, -0.2) is 56.7 Å². The Balaban J connectivity index is 0.00000392. The number of rotatable bonds is 10. The lowest BCUT2D eigenvalue weighted by molar-refractivity contribution is 0.125. The number of piperidine rings is 1. The standard InChI is InChI=1S/C22H38N4O.HI/c1-4-23-22(24-12-14-27-18-20-9-6-5-7-10-20)25-15-21-11-8-13-26(17-21)16-19(2)3;/h5-7,9-10,19,21H,4,8,11-18H2,1-3H3,(H2,23,24,25);1H. The monoisotopic (exact) mass is 502 g/mol. The van der Waals surface area contributed by atoms with Crippen LogP contribution in [0.2, 0.25) is 0 Å². The number of hydrogen-bond donors (Lipinski definition) is 2. The van der Waals surface area contributed by atoms with Crippen LogP contribution in [0.4, 0.5) is 0 Å². The summed E-state index contributed by atoms with van der Waals surface area (Å²) in [4.78, 5) is 7.42. The molecule has 1 unspecified atom stereocenters. The van der Waals surface area contributed by atoms with Crippen molar-refractivity contribution >= 4 is 29.9 Å². The van der Waals surface area contributed by atoms with E-state index < -0.39 is 0 Å². The maximum atomic E-state index is 5.74. The van der Waals surface area contributed by atoms with Crippen LogP contribution in [0.25, 0.3) is 0 Å².